The number of hydrogen-bond acceptors (Lipinski definition) is 13. The van der Waals surface area contributed by atoms with Crippen molar-refractivity contribution in [3.05, 3.63) is 119 Å². The quantitative estimate of drug-likeness (QED) is 0.0804. The largest absolute Gasteiger partial charge is 0.501 e. The summed E-state index contributed by atoms with van der Waals surface area (Å²) in [7, 11) is -11.0. The maximum atomic E-state index is 14.3. The summed E-state index contributed by atoms with van der Waals surface area (Å²) in [6.07, 6.45) is 6.71. The van der Waals surface area contributed by atoms with Gasteiger partial charge >= 0.3 is 11.6 Å². The van der Waals surface area contributed by atoms with E-state index in [-0.39, 0.29) is 16.4 Å². The van der Waals surface area contributed by atoms with Crippen LogP contribution in [0.4, 0.5) is 29.3 Å². The van der Waals surface area contributed by atoms with Crippen molar-refractivity contribution in [3.63, 3.8) is 0 Å². The summed E-state index contributed by atoms with van der Waals surface area (Å²) in [4.78, 5) is 34.9. The van der Waals surface area contributed by atoms with Crippen LogP contribution in [-0.2, 0) is 24.6 Å². The lowest BCUT2D eigenvalue weighted by Crippen LogP contribution is -2.50. The van der Waals surface area contributed by atoms with Crippen molar-refractivity contribution in [2.45, 2.75) is 84.5 Å². The molecule has 3 N–H and O–H groups in total. The average molecular weight is 1170 g/mol. The number of alkyl halides is 3. The van der Waals surface area contributed by atoms with E-state index in [2.05, 4.69) is 44.0 Å². The number of halogens is 4. The minimum atomic E-state index is -6.08. The number of ether oxygens (including phenoxy) is 1. The second kappa shape index (κ2) is 25.1. The standard InChI is InChI=1S/C57H71ClF3N7O8S3/c1-55(41-66-25-20-56(21-26-66)22-27-68(28-23-56)54(70)71)19-17-50(42-7-11-45(58)12-8-42)44(38-55)39-65-29-31-67(32-30-65)47-13-9-43(10-14-47)53(69)63-79(74,75)49-15-16-51(52(37-49)78(72,73)57(59,60)61)62-46(18-24-64-33-35-76-36-34-64)40-77-48-5-3-2-4-6-48/h2-16,37,46,62H,17-36,38-41H2,1H3,(H,63,69)(H,70,71)/t46-,55?/m1/s1. The third-order valence-corrected chi connectivity index (χ3v) is 21.0. The van der Waals surface area contributed by atoms with Gasteiger partial charge in [-0.05, 0) is 153 Å². The summed E-state index contributed by atoms with van der Waals surface area (Å²) in [6, 6.07) is 25.8. The first-order valence-corrected chi connectivity index (χ1v) is 31.5. The van der Waals surface area contributed by atoms with Gasteiger partial charge in [0.25, 0.3) is 25.8 Å². The molecule has 0 bridgehead atoms. The minimum absolute atomic E-state index is 0.0152. The van der Waals surface area contributed by atoms with E-state index in [9.17, 15) is 44.7 Å². The van der Waals surface area contributed by atoms with Gasteiger partial charge in [-0.1, -0.05) is 54.4 Å². The summed E-state index contributed by atoms with van der Waals surface area (Å²) in [5, 5.41) is 13.2. The van der Waals surface area contributed by atoms with Gasteiger partial charge in [0.15, 0.2) is 0 Å². The Morgan fingerprint density at radius 1 is 0.785 bits per heavy atom. The molecule has 79 heavy (non-hydrogen) atoms. The molecule has 15 nitrogen and oxygen atoms in total. The maximum absolute atomic E-state index is 14.3. The molecule has 0 aromatic heterocycles. The number of allylic oxidation sites excluding steroid dienone is 1. The third kappa shape index (κ3) is 14.8. The van der Waals surface area contributed by atoms with E-state index in [0.717, 1.165) is 107 Å². The van der Waals surface area contributed by atoms with Crippen LogP contribution < -0.4 is 14.9 Å². The molecule has 428 valence electrons. The smallest absolute Gasteiger partial charge is 0.465 e. The summed E-state index contributed by atoms with van der Waals surface area (Å²) in [5.41, 5.74) is -1.01. The number of rotatable bonds is 18. The molecule has 0 radical (unpaired) electrons. The first kappa shape index (κ1) is 58.8. The van der Waals surface area contributed by atoms with Gasteiger partial charge in [0.05, 0.1) is 23.8 Å². The summed E-state index contributed by atoms with van der Waals surface area (Å²) in [6.45, 7) is 13.5. The van der Waals surface area contributed by atoms with E-state index in [1.807, 2.05) is 47.2 Å². The number of hydrogen-bond donors (Lipinski definition) is 3. The normalized spacial score (nSPS) is 21.5. The molecule has 0 saturated carbocycles. The Bertz CT molecular complexity index is 3020. The van der Waals surface area contributed by atoms with E-state index >= 15 is 0 Å². The molecule has 5 aliphatic rings. The van der Waals surface area contributed by atoms with Crippen molar-refractivity contribution < 1.29 is 49.4 Å². The second-order valence-electron chi connectivity index (χ2n) is 22.2. The number of nitrogens with zero attached hydrogens (tertiary/aromatic N) is 5. The number of likely N-dealkylation sites (tertiary alicyclic amines) is 2. The second-order valence-corrected chi connectivity index (χ2v) is 27.3. The van der Waals surface area contributed by atoms with E-state index in [0.29, 0.717) is 82.3 Å². The fourth-order valence-corrected chi connectivity index (χ4v) is 15.1. The maximum Gasteiger partial charge on any atom is 0.501 e. The number of nitrogens with one attached hydrogen (secondary N) is 2. The molecule has 4 aromatic rings. The number of sulfone groups is 1. The summed E-state index contributed by atoms with van der Waals surface area (Å²) in [5.74, 6) is -0.676. The first-order valence-electron chi connectivity index (χ1n) is 27.2. The molecule has 2 atom stereocenters. The topological polar surface area (TPSA) is 172 Å². The average Bonchev–Trinajstić information content (AvgIpc) is 3.58. The monoisotopic (exact) mass is 1170 g/mol. The zero-order valence-corrected chi connectivity index (χ0v) is 47.8. The number of piperazine rings is 1. The van der Waals surface area contributed by atoms with E-state index in [1.54, 1.807) is 17.0 Å². The molecule has 2 amide bonds. The van der Waals surface area contributed by atoms with Crippen molar-refractivity contribution in [2.75, 3.05) is 114 Å². The summed E-state index contributed by atoms with van der Waals surface area (Å²) < 4.78 is 104. The van der Waals surface area contributed by atoms with Crippen LogP contribution in [0, 0.1) is 10.8 Å². The van der Waals surface area contributed by atoms with Crippen molar-refractivity contribution in [3.8, 4) is 0 Å². The molecule has 4 aromatic carbocycles. The van der Waals surface area contributed by atoms with Gasteiger partial charge in [-0.2, -0.15) is 13.2 Å². The Morgan fingerprint density at radius 3 is 2.09 bits per heavy atom. The van der Waals surface area contributed by atoms with Gasteiger partial charge in [0.1, 0.15) is 4.90 Å². The van der Waals surface area contributed by atoms with Crippen LogP contribution in [0.15, 0.2) is 117 Å². The van der Waals surface area contributed by atoms with Crippen molar-refractivity contribution >= 4 is 72.2 Å². The molecule has 4 saturated heterocycles. The predicted molar refractivity (Wildman–Crippen MR) is 303 cm³/mol. The van der Waals surface area contributed by atoms with Crippen LogP contribution in [0.2, 0.25) is 5.02 Å². The molecular formula is C57H71ClF3N7O8S3. The van der Waals surface area contributed by atoms with Crippen LogP contribution in [0.5, 0.6) is 0 Å². The lowest BCUT2D eigenvalue weighted by Gasteiger charge is -2.48. The highest BCUT2D eigenvalue weighted by Gasteiger charge is 2.49. The number of piperidine rings is 2. The van der Waals surface area contributed by atoms with Crippen LogP contribution in [0.1, 0.15) is 74.2 Å². The Hall–Kier alpha value is -4.87. The van der Waals surface area contributed by atoms with Crippen LogP contribution in [0.25, 0.3) is 5.57 Å². The van der Waals surface area contributed by atoms with Gasteiger partial charge in [0.2, 0.25) is 0 Å². The number of carboxylic acid groups (broad SMARTS) is 1. The van der Waals surface area contributed by atoms with Crippen molar-refractivity contribution in [1.29, 1.82) is 0 Å². The summed E-state index contributed by atoms with van der Waals surface area (Å²) >= 11 is 7.78. The Balaban J connectivity index is 0.826. The first-order chi connectivity index (χ1) is 37.7. The number of sulfonamides is 1. The van der Waals surface area contributed by atoms with E-state index in [4.69, 9.17) is 16.3 Å². The van der Waals surface area contributed by atoms with Gasteiger partial charge in [-0.25, -0.2) is 26.4 Å². The fraction of sp³-hybridized carbons (Fsp3) is 0.509. The number of benzene rings is 4. The number of thioether (sulfide) groups is 1. The number of morpholine rings is 1. The third-order valence-electron chi connectivity index (χ3n) is 16.7. The van der Waals surface area contributed by atoms with Crippen LogP contribution in [-0.4, -0.2) is 169 Å². The lowest BCUT2D eigenvalue weighted by molar-refractivity contribution is -0.0436. The van der Waals surface area contributed by atoms with Crippen LogP contribution >= 0.6 is 23.4 Å². The van der Waals surface area contributed by atoms with Gasteiger partial charge in [-0.15, -0.1) is 11.8 Å². The molecule has 4 fully saturated rings. The highest BCUT2D eigenvalue weighted by atomic mass is 35.5. The predicted octanol–water partition coefficient (Wildman–Crippen LogP) is 9.67. The molecule has 1 unspecified atom stereocenters. The molecule has 4 heterocycles. The molecule has 22 heteroatoms. The Kier molecular flexibility index (Phi) is 18.7. The van der Waals surface area contributed by atoms with Gasteiger partial charge < -0.3 is 29.9 Å². The van der Waals surface area contributed by atoms with Crippen molar-refractivity contribution in [1.82, 2.24) is 24.3 Å². The number of anilines is 2. The molecule has 1 spiro atoms. The Labute approximate surface area is 471 Å². The lowest BCUT2D eigenvalue weighted by atomic mass is 9.69. The highest BCUT2D eigenvalue weighted by molar-refractivity contribution is 7.99. The number of carbonyl (C=O) groups excluding carboxylic acids is 1. The highest BCUT2D eigenvalue weighted by Crippen LogP contribution is 2.47. The molecule has 4 aliphatic heterocycles. The van der Waals surface area contributed by atoms with E-state index < -0.39 is 58.9 Å². The van der Waals surface area contributed by atoms with E-state index in [1.165, 1.54) is 40.6 Å². The minimum Gasteiger partial charge on any atom is -0.465 e. The fourth-order valence-electron chi connectivity index (χ4n) is 11.9. The van der Waals surface area contributed by atoms with Crippen LogP contribution in [0.3, 0.4) is 0 Å². The molecular weight excluding hydrogens is 1100 g/mol. The van der Waals surface area contributed by atoms with Gasteiger partial charge in [-0.3, -0.25) is 14.6 Å². The molecule has 1 aliphatic carbocycles. The molecule has 9 rings (SSSR count). The Morgan fingerprint density at radius 2 is 1.44 bits per heavy atom. The zero-order valence-electron chi connectivity index (χ0n) is 44.6. The number of carbonyl (C=O) groups is 2. The van der Waals surface area contributed by atoms with Gasteiger partial charge in [0, 0.05) is 105 Å². The SMILES string of the molecule is CC1(CN2CCC3(CC2)CCN(C(=O)O)CC3)CCC(c2ccc(Cl)cc2)=C(CN2CCN(c3ccc(C(=O)NS(=O)(=O)c4ccc(N[C@H](CCN5CCOCC5)CSc5ccccc5)c(S(=O)(=O)C(F)(F)F)c4)cc3)CC2)C1. The van der Waals surface area contributed by atoms with Crippen molar-refractivity contribution in [2.24, 2.45) is 10.8 Å². The number of amides is 2. The zero-order chi connectivity index (χ0) is 56.0.